The number of anilines is 1. The first-order chi connectivity index (χ1) is 15.9. The number of fused-ring (bicyclic) bond motifs is 3. The minimum Gasteiger partial charge on any atom is -0.339 e. The molecule has 33 heavy (non-hydrogen) atoms. The number of aromatic nitrogens is 3. The molecule has 164 valence electrons. The van der Waals surface area contributed by atoms with Gasteiger partial charge in [0.2, 0.25) is 0 Å². The second-order valence-corrected chi connectivity index (χ2v) is 8.96. The van der Waals surface area contributed by atoms with Gasteiger partial charge in [-0.25, -0.2) is 0 Å². The van der Waals surface area contributed by atoms with E-state index in [0.717, 1.165) is 26.6 Å². The molecule has 0 fully saturated rings. The molecule has 0 aliphatic heterocycles. The van der Waals surface area contributed by atoms with Crippen LogP contribution in [0, 0.1) is 6.92 Å². The highest BCUT2D eigenvalue weighted by Crippen LogP contribution is 2.30. The number of hydrogen-bond donors (Lipinski definition) is 0. The number of aryl methyl sites for hydroxylation is 2. The smallest absolute Gasteiger partial charge is 0.296 e. The van der Waals surface area contributed by atoms with Crippen molar-refractivity contribution in [2.75, 3.05) is 11.9 Å². The number of nitrogens with zero attached hydrogens (tertiary/aromatic N) is 4. The van der Waals surface area contributed by atoms with Crippen LogP contribution >= 0.6 is 15.9 Å². The molecule has 2 aromatic heterocycles. The van der Waals surface area contributed by atoms with Gasteiger partial charge in [-0.1, -0.05) is 51.8 Å². The lowest BCUT2D eigenvalue weighted by Gasteiger charge is -2.18. The van der Waals surface area contributed by atoms with Gasteiger partial charge in [-0.05, 0) is 49.4 Å². The van der Waals surface area contributed by atoms with E-state index in [2.05, 4.69) is 21.0 Å². The second-order valence-electron chi connectivity index (χ2n) is 8.04. The molecule has 2 heterocycles. The molecular weight excluding hydrogens is 480 g/mol. The Morgan fingerprint density at radius 1 is 0.970 bits per heavy atom. The normalized spacial score (nSPS) is 11.3. The third-order valence-corrected chi connectivity index (χ3v) is 6.47. The van der Waals surface area contributed by atoms with Crippen LogP contribution in [0.25, 0.3) is 27.5 Å². The molecule has 6 nitrogen and oxygen atoms in total. The largest absolute Gasteiger partial charge is 0.339 e. The molecule has 0 atom stereocenters. The van der Waals surface area contributed by atoms with Gasteiger partial charge in [-0.2, -0.15) is 9.78 Å². The fourth-order valence-electron chi connectivity index (χ4n) is 4.13. The van der Waals surface area contributed by atoms with Crippen molar-refractivity contribution < 1.29 is 4.79 Å². The van der Waals surface area contributed by atoms with Crippen molar-refractivity contribution in [1.29, 1.82) is 0 Å². The molecule has 0 saturated heterocycles. The van der Waals surface area contributed by atoms with Crippen LogP contribution in [0.2, 0.25) is 0 Å². The lowest BCUT2D eigenvalue weighted by atomic mass is 10.1. The van der Waals surface area contributed by atoms with Gasteiger partial charge in [0.15, 0.2) is 5.69 Å². The van der Waals surface area contributed by atoms with E-state index in [9.17, 15) is 9.59 Å². The number of carbonyl (C=O) groups excluding carboxylic acids is 1. The minimum absolute atomic E-state index is 0.229. The third-order valence-electron chi connectivity index (χ3n) is 5.94. The zero-order chi connectivity index (χ0) is 23.3. The van der Waals surface area contributed by atoms with Gasteiger partial charge in [0.05, 0.1) is 5.69 Å². The maximum atomic E-state index is 13.8. The molecule has 0 radical (unpaired) electrons. The summed E-state index contributed by atoms with van der Waals surface area (Å²) in [5.74, 6) is -0.292. The average molecular weight is 501 g/mol. The second kappa shape index (κ2) is 8.01. The predicted molar refractivity (Wildman–Crippen MR) is 135 cm³/mol. The first kappa shape index (κ1) is 21.2. The highest BCUT2D eigenvalue weighted by Gasteiger charge is 2.25. The number of rotatable bonds is 3. The van der Waals surface area contributed by atoms with E-state index in [4.69, 9.17) is 0 Å². The van der Waals surface area contributed by atoms with Gasteiger partial charge in [0.1, 0.15) is 5.52 Å². The van der Waals surface area contributed by atoms with Crippen LogP contribution in [-0.2, 0) is 7.05 Å². The average Bonchev–Trinajstić information content (AvgIpc) is 3.13. The van der Waals surface area contributed by atoms with Crippen LogP contribution in [-0.4, -0.2) is 27.3 Å². The third kappa shape index (κ3) is 3.45. The summed E-state index contributed by atoms with van der Waals surface area (Å²) in [5, 5.41) is 6.01. The van der Waals surface area contributed by atoms with E-state index < -0.39 is 0 Å². The summed E-state index contributed by atoms with van der Waals surface area (Å²) < 4.78 is 4.09. The summed E-state index contributed by atoms with van der Waals surface area (Å²) in [6, 6.07) is 22.7. The van der Waals surface area contributed by atoms with Gasteiger partial charge in [-0.15, -0.1) is 0 Å². The monoisotopic (exact) mass is 500 g/mol. The highest BCUT2D eigenvalue weighted by atomic mass is 79.9. The van der Waals surface area contributed by atoms with Crippen LogP contribution in [0.1, 0.15) is 16.1 Å². The molecule has 0 aliphatic carbocycles. The molecule has 0 unspecified atom stereocenters. The number of carbonyl (C=O) groups is 1. The van der Waals surface area contributed by atoms with Gasteiger partial charge in [0.25, 0.3) is 11.5 Å². The maximum absolute atomic E-state index is 13.8. The maximum Gasteiger partial charge on any atom is 0.296 e. The summed E-state index contributed by atoms with van der Waals surface area (Å²) in [6.45, 7) is 1.98. The van der Waals surface area contributed by atoms with Crippen molar-refractivity contribution in [3.05, 3.63) is 98.9 Å². The lowest BCUT2D eigenvalue weighted by Crippen LogP contribution is -2.31. The zero-order valence-corrected chi connectivity index (χ0v) is 20.0. The van der Waals surface area contributed by atoms with Crippen LogP contribution in [0.5, 0.6) is 0 Å². The van der Waals surface area contributed by atoms with Crippen LogP contribution in [0.3, 0.4) is 0 Å². The first-order valence-electron chi connectivity index (χ1n) is 10.5. The van der Waals surface area contributed by atoms with E-state index in [0.29, 0.717) is 16.6 Å². The molecule has 1 amide bonds. The Kier molecular flexibility index (Phi) is 5.13. The molecule has 5 rings (SSSR count). The standard InChI is InChI=1S/C26H21BrN4O2/c1-16-8-12-19(13-9-16)31-26(33)24-22(20-6-4-5-7-21(20)30(24)3)23(28-31)25(32)29(2)18-14-10-17(27)11-15-18/h4-15H,1-3H3. The highest BCUT2D eigenvalue weighted by molar-refractivity contribution is 9.10. The van der Waals surface area contributed by atoms with Crippen LogP contribution in [0.4, 0.5) is 5.69 Å². The molecule has 0 spiro atoms. The fraction of sp³-hybridized carbons (Fsp3) is 0.115. The molecule has 7 heteroatoms. The van der Waals surface area contributed by atoms with Gasteiger partial charge >= 0.3 is 0 Å². The van der Waals surface area contributed by atoms with Crippen molar-refractivity contribution in [2.45, 2.75) is 6.92 Å². The summed E-state index contributed by atoms with van der Waals surface area (Å²) in [5.41, 5.74) is 3.68. The Labute approximate surface area is 198 Å². The summed E-state index contributed by atoms with van der Waals surface area (Å²) in [7, 11) is 3.56. The van der Waals surface area contributed by atoms with Crippen LogP contribution < -0.4 is 10.5 Å². The Bertz CT molecular complexity index is 1580. The number of amides is 1. The lowest BCUT2D eigenvalue weighted by molar-refractivity contribution is 0.0988. The molecule has 0 N–H and O–H groups in total. The van der Waals surface area contributed by atoms with Gasteiger partial charge < -0.3 is 9.47 Å². The first-order valence-corrected chi connectivity index (χ1v) is 11.3. The number of benzene rings is 3. The minimum atomic E-state index is -0.292. The molecule has 0 aliphatic rings. The SMILES string of the molecule is Cc1ccc(-n2nc(C(=O)N(C)c3ccc(Br)cc3)c3c4ccccc4n(C)c3c2=O)cc1. The van der Waals surface area contributed by atoms with E-state index in [-0.39, 0.29) is 17.2 Å². The van der Waals surface area contributed by atoms with E-state index >= 15 is 0 Å². The number of para-hydroxylation sites is 1. The molecular formula is C26H21BrN4O2. The van der Waals surface area contributed by atoms with Crippen molar-refractivity contribution >= 4 is 49.3 Å². The van der Waals surface area contributed by atoms with Crippen molar-refractivity contribution in [3.63, 3.8) is 0 Å². The van der Waals surface area contributed by atoms with Crippen LogP contribution in [0.15, 0.2) is 82.1 Å². The fourth-order valence-corrected chi connectivity index (χ4v) is 4.39. The van der Waals surface area contributed by atoms with E-state index in [1.807, 2.05) is 91.3 Å². The van der Waals surface area contributed by atoms with E-state index in [1.54, 1.807) is 11.9 Å². The Morgan fingerprint density at radius 2 is 1.64 bits per heavy atom. The van der Waals surface area contributed by atoms with Gasteiger partial charge in [0, 0.05) is 40.5 Å². The number of hydrogen-bond acceptors (Lipinski definition) is 3. The van der Waals surface area contributed by atoms with Crippen molar-refractivity contribution in [2.24, 2.45) is 7.05 Å². The molecule has 0 bridgehead atoms. The Morgan fingerprint density at radius 3 is 2.33 bits per heavy atom. The summed E-state index contributed by atoms with van der Waals surface area (Å²) in [6.07, 6.45) is 0. The molecule has 3 aromatic carbocycles. The quantitative estimate of drug-likeness (QED) is 0.341. The predicted octanol–water partition coefficient (Wildman–Crippen LogP) is 5.22. The van der Waals surface area contributed by atoms with Crippen molar-refractivity contribution in [1.82, 2.24) is 14.3 Å². The Balaban J connectivity index is 1.82. The molecule has 0 saturated carbocycles. The zero-order valence-electron chi connectivity index (χ0n) is 18.4. The Hall–Kier alpha value is -3.71. The van der Waals surface area contributed by atoms with Crippen molar-refractivity contribution in [3.8, 4) is 5.69 Å². The van der Waals surface area contributed by atoms with E-state index in [1.165, 1.54) is 4.68 Å². The summed E-state index contributed by atoms with van der Waals surface area (Å²) in [4.78, 5) is 28.9. The number of halogens is 1. The topological polar surface area (TPSA) is 60.1 Å². The van der Waals surface area contributed by atoms with Gasteiger partial charge in [-0.3, -0.25) is 9.59 Å². The summed E-state index contributed by atoms with van der Waals surface area (Å²) >= 11 is 3.43. The molecule has 5 aromatic rings.